The van der Waals surface area contributed by atoms with Gasteiger partial charge in [-0.05, 0) is 39.0 Å². The topological polar surface area (TPSA) is 79.6 Å². The summed E-state index contributed by atoms with van der Waals surface area (Å²) in [5.41, 5.74) is -0.364. The molecule has 8 heteroatoms. The monoisotopic (exact) mass is 394 g/mol. The minimum absolute atomic E-state index is 0.000547. The third-order valence-corrected chi connectivity index (χ3v) is 5.08. The number of hydrogen-bond donors (Lipinski definition) is 1. The zero-order valence-electron chi connectivity index (χ0n) is 15.5. The molecule has 0 unspecified atom stereocenters. The van der Waals surface area contributed by atoms with Crippen LogP contribution in [0.3, 0.4) is 0 Å². The maximum Gasteiger partial charge on any atom is 0.290 e. The predicted octanol–water partition coefficient (Wildman–Crippen LogP) is 3.32. The molecule has 1 amide bonds. The first-order valence-electron chi connectivity index (χ1n) is 8.31. The van der Waals surface area contributed by atoms with E-state index in [2.05, 4.69) is 11.3 Å². The van der Waals surface area contributed by atoms with Crippen LogP contribution in [0.5, 0.6) is 0 Å². The Labute approximate surface area is 158 Å². The second-order valence-corrected chi connectivity index (χ2v) is 8.65. The Kier molecular flexibility index (Phi) is 6.22. The highest BCUT2D eigenvalue weighted by molar-refractivity contribution is 7.89. The van der Waals surface area contributed by atoms with Gasteiger partial charge in [0.25, 0.3) is 15.9 Å². The summed E-state index contributed by atoms with van der Waals surface area (Å²) in [4.78, 5) is 14.0. The van der Waals surface area contributed by atoms with Gasteiger partial charge < -0.3 is 9.32 Å². The van der Waals surface area contributed by atoms with Gasteiger partial charge in [-0.2, -0.15) is 0 Å². The zero-order chi connectivity index (χ0) is 20.2. The van der Waals surface area contributed by atoms with E-state index in [1.165, 1.54) is 29.2 Å². The molecule has 2 rings (SSSR count). The Morgan fingerprint density at radius 3 is 2.52 bits per heavy atom. The van der Waals surface area contributed by atoms with Gasteiger partial charge in [0.15, 0.2) is 5.76 Å². The second-order valence-electron chi connectivity index (χ2n) is 7.04. The number of halogens is 1. The van der Waals surface area contributed by atoms with Crippen LogP contribution in [0.2, 0.25) is 0 Å². The van der Waals surface area contributed by atoms with Gasteiger partial charge in [-0.25, -0.2) is 17.5 Å². The molecule has 1 aromatic carbocycles. The van der Waals surface area contributed by atoms with Crippen molar-refractivity contribution >= 4 is 15.9 Å². The lowest BCUT2D eigenvalue weighted by molar-refractivity contribution is 0.0723. The number of furan rings is 1. The van der Waals surface area contributed by atoms with Crippen LogP contribution in [0.4, 0.5) is 4.39 Å². The Hall–Kier alpha value is -2.45. The van der Waals surface area contributed by atoms with Gasteiger partial charge in [0.2, 0.25) is 5.09 Å². The van der Waals surface area contributed by atoms with Gasteiger partial charge in [0.05, 0.1) is 0 Å². The molecule has 0 aliphatic heterocycles. The summed E-state index contributed by atoms with van der Waals surface area (Å²) in [6.07, 6.45) is 1.50. The molecule has 6 nitrogen and oxygen atoms in total. The minimum Gasteiger partial charge on any atom is -0.438 e. The summed E-state index contributed by atoms with van der Waals surface area (Å²) in [7, 11) is -3.90. The Morgan fingerprint density at radius 1 is 1.26 bits per heavy atom. The lowest BCUT2D eigenvalue weighted by Crippen LogP contribution is -2.40. The maximum absolute atomic E-state index is 13.9. The number of hydrogen-bond acceptors (Lipinski definition) is 4. The SMILES string of the molecule is C=CCN(Cc1ccccc1F)C(=O)c1ccc(S(=O)(=O)NC(C)(C)C)o1. The minimum atomic E-state index is -3.90. The first kappa shape index (κ1) is 20.9. The average molecular weight is 394 g/mol. The standard InChI is InChI=1S/C19H23FN2O4S/c1-5-12-22(13-14-8-6-7-9-15(14)20)18(23)16-10-11-17(26-16)27(24,25)21-19(2,3)4/h5-11,21H,1,12-13H2,2-4H3. The number of rotatable bonds is 7. The lowest BCUT2D eigenvalue weighted by atomic mass is 10.1. The molecule has 27 heavy (non-hydrogen) atoms. The highest BCUT2D eigenvalue weighted by Crippen LogP contribution is 2.19. The van der Waals surface area contributed by atoms with Crippen molar-refractivity contribution in [3.8, 4) is 0 Å². The summed E-state index contributed by atoms with van der Waals surface area (Å²) in [5.74, 6) is -1.14. The van der Waals surface area contributed by atoms with Crippen molar-refractivity contribution in [1.82, 2.24) is 9.62 Å². The van der Waals surface area contributed by atoms with Crippen LogP contribution in [0.15, 0.2) is 58.6 Å². The molecule has 0 aliphatic carbocycles. The summed E-state index contributed by atoms with van der Waals surface area (Å²) in [5, 5.41) is -0.356. The molecule has 146 valence electrons. The fourth-order valence-electron chi connectivity index (χ4n) is 2.40. The predicted molar refractivity (Wildman–Crippen MR) is 100 cm³/mol. The Morgan fingerprint density at radius 2 is 1.93 bits per heavy atom. The molecule has 0 atom stereocenters. The zero-order valence-corrected chi connectivity index (χ0v) is 16.3. The van der Waals surface area contributed by atoms with E-state index in [9.17, 15) is 17.6 Å². The van der Waals surface area contributed by atoms with Crippen LogP contribution in [0.25, 0.3) is 0 Å². The van der Waals surface area contributed by atoms with Crippen molar-refractivity contribution in [2.24, 2.45) is 0 Å². The first-order valence-corrected chi connectivity index (χ1v) is 9.79. The quantitative estimate of drug-likeness (QED) is 0.731. The molecule has 1 aromatic heterocycles. The highest BCUT2D eigenvalue weighted by Gasteiger charge is 2.27. The van der Waals surface area contributed by atoms with Gasteiger partial charge in [0.1, 0.15) is 5.82 Å². The van der Waals surface area contributed by atoms with Gasteiger partial charge in [-0.1, -0.05) is 24.3 Å². The molecule has 0 spiro atoms. The molecular weight excluding hydrogens is 371 g/mol. The summed E-state index contributed by atoms with van der Waals surface area (Å²) < 4.78 is 46.3. The van der Waals surface area contributed by atoms with E-state index >= 15 is 0 Å². The summed E-state index contributed by atoms with van der Waals surface area (Å²) >= 11 is 0. The van der Waals surface area contributed by atoms with Gasteiger partial charge in [-0.3, -0.25) is 4.79 Å². The number of carbonyl (C=O) groups is 1. The van der Waals surface area contributed by atoms with Crippen molar-refractivity contribution < 1.29 is 22.0 Å². The first-order chi connectivity index (χ1) is 12.5. The Balaban J connectivity index is 2.25. The fraction of sp³-hybridized carbons (Fsp3) is 0.316. The van der Waals surface area contributed by atoms with Crippen LogP contribution in [-0.2, 0) is 16.6 Å². The van der Waals surface area contributed by atoms with Gasteiger partial charge in [0, 0.05) is 24.2 Å². The summed E-state index contributed by atoms with van der Waals surface area (Å²) in [6.45, 7) is 8.83. The van der Waals surface area contributed by atoms with Crippen LogP contribution < -0.4 is 4.72 Å². The van der Waals surface area contributed by atoms with Gasteiger partial charge >= 0.3 is 0 Å². The third kappa shape index (κ3) is 5.51. The summed E-state index contributed by atoms with van der Waals surface area (Å²) in [6, 6.07) is 8.62. The molecule has 1 N–H and O–H groups in total. The normalized spacial score (nSPS) is 12.0. The van der Waals surface area contributed by atoms with Crippen molar-refractivity contribution in [3.63, 3.8) is 0 Å². The number of benzene rings is 1. The molecule has 0 bridgehead atoms. The van der Waals surface area contributed by atoms with Crippen molar-refractivity contribution in [2.75, 3.05) is 6.54 Å². The third-order valence-electron chi connectivity index (χ3n) is 3.45. The second kappa shape index (κ2) is 8.06. The van der Waals surface area contributed by atoms with Crippen LogP contribution >= 0.6 is 0 Å². The van der Waals surface area contributed by atoms with E-state index < -0.39 is 27.3 Å². The van der Waals surface area contributed by atoms with Crippen molar-refractivity contribution in [1.29, 1.82) is 0 Å². The number of amides is 1. The molecule has 1 heterocycles. The average Bonchev–Trinajstić information content (AvgIpc) is 3.04. The van der Waals surface area contributed by atoms with Gasteiger partial charge in [-0.15, -0.1) is 6.58 Å². The van der Waals surface area contributed by atoms with Crippen LogP contribution in [-0.4, -0.2) is 31.3 Å². The smallest absolute Gasteiger partial charge is 0.290 e. The molecule has 0 fully saturated rings. The van der Waals surface area contributed by atoms with E-state index in [-0.39, 0.29) is 23.9 Å². The number of sulfonamides is 1. The Bertz CT molecular complexity index is 929. The van der Waals surface area contributed by atoms with Crippen LogP contribution in [0, 0.1) is 5.82 Å². The number of nitrogens with zero attached hydrogens (tertiary/aromatic N) is 1. The molecule has 0 radical (unpaired) electrons. The van der Waals surface area contributed by atoms with E-state index in [1.807, 2.05) is 0 Å². The molecule has 0 aliphatic rings. The van der Waals surface area contributed by atoms with E-state index in [4.69, 9.17) is 4.42 Å². The molecular formula is C19H23FN2O4S. The fourth-order valence-corrected chi connectivity index (χ4v) is 3.75. The van der Waals surface area contributed by atoms with Crippen molar-refractivity contribution in [2.45, 2.75) is 37.9 Å². The molecule has 2 aromatic rings. The van der Waals surface area contributed by atoms with Crippen molar-refractivity contribution in [3.05, 3.63) is 66.2 Å². The molecule has 0 saturated heterocycles. The maximum atomic E-state index is 13.9. The lowest BCUT2D eigenvalue weighted by Gasteiger charge is -2.20. The number of nitrogens with one attached hydrogen (secondary N) is 1. The van der Waals surface area contributed by atoms with E-state index in [0.717, 1.165) is 0 Å². The molecule has 0 saturated carbocycles. The van der Waals surface area contributed by atoms with E-state index in [1.54, 1.807) is 39.0 Å². The number of carbonyl (C=O) groups excluding carboxylic acids is 1. The van der Waals surface area contributed by atoms with Crippen LogP contribution in [0.1, 0.15) is 36.9 Å². The highest BCUT2D eigenvalue weighted by atomic mass is 32.2. The van der Waals surface area contributed by atoms with E-state index in [0.29, 0.717) is 5.56 Å². The largest absolute Gasteiger partial charge is 0.438 e.